The van der Waals surface area contributed by atoms with Crippen molar-refractivity contribution >= 4 is 17.7 Å². The molecule has 1 atom stereocenters. The van der Waals surface area contributed by atoms with E-state index >= 15 is 0 Å². The lowest BCUT2D eigenvalue weighted by molar-refractivity contribution is -0.133. The van der Waals surface area contributed by atoms with Crippen molar-refractivity contribution in [2.75, 3.05) is 32.7 Å². The standard InChI is InChI=1S/C25H32N4O3/c1-19(2)26-23(30)18-28-13-15-29(16-14-28)24(31)17-22(20-9-5-3-6-10-20)27-25(32)21-11-7-4-8-12-21/h3-12,19,22H,13-18H2,1-2H3,(H,26,30)(H,27,32). The molecule has 0 aliphatic carbocycles. The fraction of sp³-hybridized carbons (Fsp3) is 0.400. The summed E-state index contributed by atoms with van der Waals surface area (Å²) in [7, 11) is 0. The highest BCUT2D eigenvalue weighted by atomic mass is 16.2. The van der Waals surface area contributed by atoms with Crippen molar-refractivity contribution in [3.8, 4) is 0 Å². The van der Waals surface area contributed by atoms with Gasteiger partial charge in [0.25, 0.3) is 5.91 Å². The molecular formula is C25H32N4O3. The maximum Gasteiger partial charge on any atom is 0.251 e. The van der Waals surface area contributed by atoms with Crippen LogP contribution in [-0.2, 0) is 9.59 Å². The van der Waals surface area contributed by atoms with Crippen LogP contribution < -0.4 is 10.6 Å². The third kappa shape index (κ3) is 6.92. The van der Waals surface area contributed by atoms with Gasteiger partial charge >= 0.3 is 0 Å². The number of rotatable bonds is 8. The average molecular weight is 437 g/mol. The third-order valence-corrected chi connectivity index (χ3v) is 5.46. The van der Waals surface area contributed by atoms with Crippen molar-refractivity contribution in [1.29, 1.82) is 0 Å². The highest BCUT2D eigenvalue weighted by molar-refractivity contribution is 5.94. The number of hydrogen-bond donors (Lipinski definition) is 2. The minimum atomic E-state index is -0.411. The molecule has 1 aliphatic heterocycles. The summed E-state index contributed by atoms with van der Waals surface area (Å²) in [6, 6.07) is 18.3. The Morgan fingerprint density at radius 3 is 2.03 bits per heavy atom. The summed E-state index contributed by atoms with van der Waals surface area (Å²) in [5, 5.41) is 5.92. The van der Waals surface area contributed by atoms with Crippen LogP contribution in [0.3, 0.4) is 0 Å². The number of carbonyl (C=O) groups is 3. The summed E-state index contributed by atoms with van der Waals surface area (Å²) in [6.07, 6.45) is 0.191. The highest BCUT2D eigenvalue weighted by Gasteiger charge is 2.26. The first-order valence-corrected chi connectivity index (χ1v) is 11.1. The van der Waals surface area contributed by atoms with Crippen molar-refractivity contribution in [2.45, 2.75) is 32.4 Å². The van der Waals surface area contributed by atoms with E-state index in [1.165, 1.54) is 0 Å². The van der Waals surface area contributed by atoms with Gasteiger partial charge in [0.05, 0.1) is 19.0 Å². The largest absolute Gasteiger partial charge is 0.353 e. The van der Waals surface area contributed by atoms with Gasteiger partial charge in [-0.15, -0.1) is 0 Å². The molecule has 2 aromatic carbocycles. The quantitative estimate of drug-likeness (QED) is 0.665. The number of hydrogen-bond acceptors (Lipinski definition) is 4. The second-order valence-electron chi connectivity index (χ2n) is 8.39. The van der Waals surface area contributed by atoms with Crippen molar-refractivity contribution in [1.82, 2.24) is 20.4 Å². The maximum atomic E-state index is 13.1. The van der Waals surface area contributed by atoms with E-state index in [2.05, 4.69) is 15.5 Å². The fourth-order valence-electron chi connectivity index (χ4n) is 3.80. The van der Waals surface area contributed by atoms with Gasteiger partial charge in [-0.05, 0) is 31.5 Å². The Morgan fingerprint density at radius 1 is 0.844 bits per heavy atom. The van der Waals surface area contributed by atoms with Gasteiger partial charge in [-0.25, -0.2) is 0 Å². The number of piperazine rings is 1. The molecule has 1 heterocycles. The molecule has 0 bridgehead atoms. The van der Waals surface area contributed by atoms with E-state index in [1.54, 1.807) is 12.1 Å². The van der Waals surface area contributed by atoms with Gasteiger partial charge in [-0.3, -0.25) is 19.3 Å². The first-order chi connectivity index (χ1) is 15.4. The summed E-state index contributed by atoms with van der Waals surface area (Å²) in [5.74, 6) is -0.195. The molecule has 1 saturated heterocycles. The van der Waals surface area contributed by atoms with Gasteiger partial charge in [0.1, 0.15) is 0 Å². The van der Waals surface area contributed by atoms with E-state index in [1.807, 2.05) is 67.3 Å². The zero-order valence-corrected chi connectivity index (χ0v) is 18.8. The lowest BCUT2D eigenvalue weighted by Crippen LogP contribution is -2.52. The summed E-state index contributed by atoms with van der Waals surface area (Å²) in [5.41, 5.74) is 1.46. The Balaban J connectivity index is 1.58. The second-order valence-corrected chi connectivity index (χ2v) is 8.39. The van der Waals surface area contributed by atoms with Gasteiger partial charge in [0, 0.05) is 37.8 Å². The molecule has 1 unspecified atom stereocenters. The van der Waals surface area contributed by atoms with Crippen molar-refractivity contribution in [2.24, 2.45) is 0 Å². The number of nitrogens with one attached hydrogen (secondary N) is 2. The fourth-order valence-corrected chi connectivity index (χ4v) is 3.80. The van der Waals surface area contributed by atoms with Crippen LogP contribution in [0.25, 0.3) is 0 Å². The van der Waals surface area contributed by atoms with E-state index in [0.29, 0.717) is 38.3 Å². The van der Waals surface area contributed by atoms with E-state index in [9.17, 15) is 14.4 Å². The third-order valence-electron chi connectivity index (χ3n) is 5.46. The van der Waals surface area contributed by atoms with Crippen LogP contribution in [0.15, 0.2) is 60.7 Å². The molecule has 2 aromatic rings. The summed E-state index contributed by atoms with van der Waals surface area (Å²) in [6.45, 7) is 6.68. The van der Waals surface area contributed by atoms with Crippen LogP contribution >= 0.6 is 0 Å². The Labute approximate surface area is 189 Å². The van der Waals surface area contributed by atoms with Gasteiger partial charge in [0.15, 0.2) is 0 Å². The molecular weight excluding hydrogens is 404 g/mol. The lowest BCUT2D eigenvalue weighted by atomic mass is 10.0. The Bertz CT molecular complexity index is 894. The molecule has 32 heavy (non-hydrogen) atoms. The number of carbonyl (C=O) groups excluding carboxylic acids is 3. The van der Waals surface area contributed by atoms with E-state index in [0.717, 1.165) is 5.56 Å². The van der Waals surface area contributed by atoms with Crippen molar-refractivity contribution in [3.05, 3.63) is 71.8 Å². The minimum absolute atomic E-state index is 0.00139. The molecule has 0 aromatic heterocycles. The predicted molar refractivity (Wildman–Crippen MR) is 124 cm³/mol. The molecule has 2 N–H and O–H groups in total. The average Bonchev–Trinajstić information content (AvgIpc) is 2.79. The lowest BCUT2D eigenvalue weighted by Gasteiger charge is -2.35. The first-order valence-electron chi connectivity index (χ1n) is 11.1. The van der Waals surface area contributed by atoms with E-state index in [-0.39, 0.29) is 30.2 Å². The van der Waals surface area contributed by atoms with Crippen LogP contribution in [0.4, 0.5) is 0 Å². The van der Waals surface area contributed by atoms with Crippen LogP contribution in [0.1, 0.15) is 42.2 Å². The van der Waals surface area contributed by atoms with Crippen LogP contribution in [-0.4, -0.2) is 66.3 Å². The number of benzene rings is 2. The van der Waals surface area contributed by atoms with Crippen molar-refractivity contribution in [3.63, 3.8) is 0 Å². The molecule has 7 nitrogen and oxygen atoms in total. The molecule has 3 amide bonds. The van der Waals surface area contributed by atoms with Gasteiger partial charge in [0.2, 0.25) is 11.8 Å². The number of nitrogens with zero attached hydrogens (tertiary/aromatic N) is 2. The van der Waals surface area contributed by atoms with E-state index < -0.39 is 6.04 Å². The Hall–Kier alpha value is -3.19. The maximum absolute atomic E-state index is 13.1. The SMILES string of the molecule is CC(C)NC(=O)CN1CCN(C(=O)CC(NC(=O)c2ccccc2)c2ccccc2)CC1. The molecule has 0 radical (unpaired) electrons. The molecule has 1 fully saturated rings. The molecule has 0 spiro atoms. The summed E-state index contributed by atoms with van der Waals surface area (Å²) in [4.78, 5) is 41.6. The van der Waals surface area contributed by atoms with Gasteiger partial charge in [-0.1, -0.05) is 48.5 Å². The monoisotopic (exact) mass is 436 g/mol. The zero-order chi connectivity index (χ0) is 22.9. The normalized spacial score (nSPS) is 15.3. The minimum Gasteiger partial charge on any atom is -0.353 e. The highest BCUT2D eigenvalue weighted by Crippen LogP contribution is 2.19. The van der Waals surface area contributed by atoms with E-state index in [4.69, 9.17) is 0 Å². The molecule has 3 rings (SSSR count). The summed E-state index contributed by atoms with van der Waals surface area (Å²) < 4.78 is 0. The molecule has 1 aliphatic rings. The summed E-state index contributed by atoms with van der Waals surface area (Å²) >= 11 is 0. The molecule has 0 saturated carbocycles. The zero-order valence-electron chi connectivity index (χ0n) is 18.8. The number of amides is 3. The van der Waals surface area contributed by atoms with Crippen LogP contribution in [0, 0.1) is 0 Å². The van der Waals surface area contributed by atoms with Crippen LogP contribution in [0.2, 0.25) is 0 Å². The predicted octanol–water partition coefficient (Wildman–Crippen LogP) is 2.22. The Morgan fingerprint density at radius 2 is 1.44 bits per heavy atom. The van der Waals surface area contributed by atoms with Gasteiger partial charge < -0.3 is 15.5 Å². The Kier molecular flexibility index (Phi) is 8.39. The topological polar surface area (TPSA) is 81.8 Å². The smallest absolute Gasteiger partial charge is 0.251 e. The molecule has 170 valence electrons. The first kappa shape index (κ1) is 23.5. The second kappa shape index (κ2) is 11.4. The van der Waals surface area contributed by atoms with Crippen molar-refractivity contribution < 1.29 is 14.4 Å². The molecule has 7 heteroatoms. The van der Waals surface area contributed by atoms with Crippen LogP contribution in [0.5, 0.6) is 0 Å². The van der Waals surface area contributed by atoms with Gasteiger partial charge in [-0.2, -0.15) is 0 Å².